The number of aryl methyl sites for hydroxylation is 1. The molecule has 0 unspecified atom stereocenters. The average molecular weight is 522 g/mol. The summed E-state index contributed by atoms with van der Waals surface area (Å²) in [7, 11) is -6.07. The predicted molar refractivity (Wildman–Crippen MR) is 128 cm³/mol. The minimum Gasteiger partial charge on any atom is -0.481 e. The van der Waals surface area contributed by atoms with Gasteiger partial charge in [0.05, 0.1) is 9.79 Å². The van der Waals surface area contributed by atoms with Crippen LogP contribution in [0.15, 0.2) is 70.5 Å². The Labute approximate surface area is 203 Å². The number of carbonyl (C=O) groups is 1. The Bertz CT molecular complexity index is 1470. The minimum absolute atomic E-state index is 0.0588. The molecular weight excluding hydrogens is 497 g/mol. The van der Waals surface area contributed by atoms with Gasteiger partial charge in [-0.25, -0.2) is 26.0 Å². The lowest BCUT2D eigenvalue weighted by atomic mass is 10.0. The van der Waals surface area contributed by atoms with E-state index in [2.05, 4.69) is 0 Å². The van der Waals surface area contributed by atoms with Crippen LogP contribution >= 0.6 is 0 Å². The van der Waals surface area contributed by atoms with E-state index >= 15 is 0 Å². The second-order valence-electron chi connectivity index (χ2n) is 7.98. The van der Waals surface area contributed by atoms with Crippen LogP contribution in [0.25, 0.3) is 11.1 Å². The number of rotatable bonds is 9. The molecule has 3 rings (SSSR count). The van der Waals surface area contributed by atoms with Gasteiger partial charge in [0.1, 0.15) is 11.6 Å². The van der Waals surface area contributed by atoms with Crippen molar-refractivity contribution in [3.05, 3.63) is 77.6 Å². The standard InChI is InChI=1S/C24H24FNO7S2/c1-16-4-6-18(13-23(16)34(3,29)30)21-12-17(5-11-22(21)33-15-24(27)28)14-26(2)35(31,32)20-9-7-19(25)8-10-20/h4-13H,14-15H2,1-3H3,(H,27,28). The third-order valence-corrected chi connectivity index (χ3v) is 8.28. The zero-order chi connectivity index (χ0) is 26.0. The Morgan fingerprint density at radius 1 is 1.00 bits per heavy atom. The molecule has 3 aromatic carbocycles. The fourth-order valence-corrected chi connectivity index (χ4v) is 5.62. The summed E-state index contributed by atoms with van der Waals surface area (Å²) in [6.45, 7) is 0.987. The Hall–Kier alpha value is -3.28. The maximum absolute atomic E-state index is 13.2. The fourth-order valence-electron chi connectivity index (χ4n) is 3.46. The first kappa shape index (κ1) is 26.3. The predicted octanol–water partition coefficient (Wildman–Crippen LogP) is 3.49. The van der Waals surface area contributed by atoms with Crippen molar-refractivity contribution >= 4 is 25.8 Å². The highest BCUT2D eigenvalue weighted by Gasteiger charge is 2.22. The summed E-state index contributed by atoms with van der Waals surface area (Å²) < 4.78 is 69.9. The van der Waals surface area contributed by atoms with Crippen LogP contribution in [0.1, 0.15) is 11.1 Å². The van der Waals surface area contributed by atoms with Crippen molar-refractivity contribution in [3.63, 3.8) is 0 Å². The van der Waals surface area contributed by atoms with Gasteiger partial charge in [0.2, 0.25) is 10.0 Å². The van der Waals surface area contributed by atoms with Crippen LogP contribution in [-0.2, 0) is 31.2 Å². The molecule has 0 saturated heterocycles. The molecule has 11 heteroatoms. The number of carboxylic acids is 1. The van der Waals surface area contributed by atoms with Gasteiger partial charge in [0.25, 0.3) is 0 Å². The van der Waals surface area contributed by atoms with E-state index in [1.165, 1.54) is 31.3 Å². The molecule has 0 saturated carbocycles. The normalized spacial score (nSPS) is 12.0. The molecule has 0 aliphatic heterocycles. The van der Waals surface area contributed by atoms with Crippen molar-refractivity contribution < 1.29 is 35.9 Å². The lowest BCUT2D eigenvalue weighted by molar-refractivity contribution is -0.139. The summed E-state index contributed by atoms with van der Waals surface area (Å²) in [5.74, 6) is -1.55. The van der Waals surface area contributed by atoms with Crippen LogP contribution in [0.3, 0.4) is 0 Å². The molecule has 35 heavy (non-hydrogen) atoms. The first-order chi connectivity index (χ1) is 16.3. The second kappa shape index (κ2) is 10.1. The molecule has 0 spiro atoms. The molecule has 0 heterocycles. The van der Waals surface area contributed by atoms with Gasteiger partial charge in [-0.15, -0.1) is 0 Å². The largest absolute Gasteiger partial charge is 0.481 e. The van der Waals surface area contributed by atoms with Gasteiger partial charge in [0, 0.05) is 25.4 Å². The summed E-state index contributed by atoms with van der Waals surface area (Å²) in [5.41, 5.74) is 1.95. The van der Waals surface area contributed by atoms with E-state index in [1.807, 2.05) is 0 Å². The third-order valence-electron chi connectivity index (χ3n) is 5.22. The van der Waals surface area contributed by atoms with Crippen molar-refractivity contribution in [1.29, 1.82) is 0 Å². The lowest BCUT2D eigenvalue weighted by Gasteiger charge is -2.19. The quantitative estimate of drug-likeness (QED) is 0.458. The number of aliphatic carboxylic acids is 1. The SMILES string of the molecule is Cc1ccc(-c2cc(CN(C)S(=O)(=O)c3ccc(F)cc3)ccc2OCC(=O)O)cc1S(C)(=O)=O. The number of benzene rings is 3. The second-order valence-corrected chi connectivity index (χ2v) is 12.0. The maximum atomic E-state index is 13.2. The Kier molecular flexibility index (Phi) is 7.63. The van der Waals surface area contributed by atoms with Crippen LogP contribution < -0.4 is 4.74 Å². The van der Waals surface area contributed by atoms with Crippen LogP contribution in [0.2, 0.25) is 0 Å². The number of ether oxygens (including phenoxy) is 1. The molecule has 0 amide bonds. The fraction of sp³-hybridized carbons (Fsp3) is 0.208. The molecule has 0 bridgehead atoms. The molecule has 1 N–H and O–H groups in total. The Balaban J connectivity index is 2.03. The zero-order valence-corrected chi connectivity index (χ0v) is 20.9. The molecule has 0 fully saturated rings. The van der Waals surface area contributed by atoms with Crippen molar-refractivity contribution in [3.8, 4) is 16.9 Å². The number of nitrogens with zero attached hydrogens (tertiary/aromatic N) is 1. The van der Waals surface area contributed by atoms with Gasteiger partial charge in [-0.1, -0.05) is 18.2 Å². The summed E-state index contributed by atoms with van der Waals surface area (Å²) in [4.78, 5) is 11.1. The van der Waals surface area contributed by atoms with E-state index in [4.69, 9.17) is 9.84 Å². The first-order valence-electron chi connectivity index (χ1n) is 10.3. The van der Waals surface area contributed by atoms with Crippen LogP contribution in [0.5, 0.6) is 5.75 Å². The number of carboxylic acid groups (broad SMARTS) is 1. The number of hydrogen-bond donors (Lipinski definition) is 1. The van der Waals surface area contributed by atoms with Crippen LogP contribution in [-0.4, -0.2) is 52.1 Å². The third kappa shape index (κ3) is 6.24. The number of halogens is 1. The molecular formula is C24H24FNO7S2. The minimum atomic E-state index is -3.92. The Morgan fingerprint density at radius 2 is 1.66 bits per heavy atom. The monoisotopic (exact) mass is 521 g/mol. The Morgan fingerprint density at radius 3 is 2.26 bits per heavy atom. The highest BCUT2D eigenvalue weighted by atomic mass is 32.2. The van der Waals surface area contributed by atoms with E-state index in [-0.39, 0.29) is 22.1 Å². The highest BCUT2D eigenvalue weighted by molar-refractivity contribution is 7.90. The molecule has 0 aromatic heterocycles. The van der Waals surface area contributed by atoms with Gasteiger partial charge in [0.15, 0.2) is 16.4 Å². The zero-order valence-electron chi connectivity index (χ0n) is 19.2. The molecule has 0 aliphatic rings. The van der Waals surface area contributed by atoms with Crippen molar-refractivity contribution in [2.24, 2.45) is 0 Å². The number of sulfone groups is 1. The van der Waals surface area contributed by atoms with Crippen LogP contribution in [0.4, 0.5) is 4.39 Å². The lowest BCUT2D eigenvalue weighted by Crippen LogP contribution is -2.26. The van der Waals surface area contributed by atoms with Gasteiger partial charge < -0.3 is 9.84 Å². The molecule has 3 aromatic rings. The number of sulfonamides is 1. The molecule has 8 nitrogen and oxygen atoms in total. The maximum Gasteiger partial charge on any atom is 0.341 e. The van der Waals surface area contributed by atoms with E-state index in [0.29, 0.717) is 22.3 Å². The van der Waals surface area contributed by atoms with Crippen molar-refractivity contribution in [2.75, 3.05) is 19.9 Å². The summed E-state index contributed by atoms with van der Waals surface area (Å²) in [5, 5.41) is 9.01. The topological polar surface area (TPSA) is 118 Å². The van der Waals surface area contributed by atoms with E-state index in [0.717, 1.165) is 22.7 Å². The van der Waals surface area contributed by atoms with E-state index < -0.39 is 38.3 Å². The molecule has 0 aliphatic carbocycles. The molecule has 186 valence electrons. The van der Waals surface area contributed by atoms with Crippen molar-refractivity contribution in [1.82, 2.24) is 4.31 Å². The van der Waals surface area contributed by atoms with Crippen LogP contribution in [0, 0.1) is 12.7 Å². The average Bonchev–Trinajstić information content (AvgIpc) is 2.78. The number of hydrogen-bond acceptors (Lipinski definition) is 6. The summed E-state index contributed by atoms with van der Waals surface area (Å²) in [6.07, 6.45) is 1.09. The van der Waals surface area contributed by atoms with Crippen molar-refractivity contribution in [2.45, 2.75) is 23.3 Å². The smallest absolute Gasteiger partial charge is 0.341 e. The van der Waals surface area contributed by atoms with Gasteiger partial charge >= 0.3 is 5.97 Å². The van der Waals surface area contributed by atoms with Gasteiger partial charge in [-0.05, 0) is 66.1 Å². The molecule has 0 radical (unpaired) electrons. The van der Waals surface area contributed by atoms with Gasteiger partial charge in [-0.2, -0.15) is 4.31 Å². The summed E-state index contributed by atoms with van der Waals surface area (Å²) >= 11 is 0. The van der Waals surface area contributed by atoms with Gasteiger partial charge in [-0.3, -0.25) is 0 Å². The highest BCUT2D eigenvalue weighted by Crippen LogP contribution is 2.34. The summed E-state index contributed by atoms with van der Waals surface area (Å²) in [6, 6.07) is 14.0. The molecule has 0 atom stereocenters. The van der Waals surface area contributed by atoms with E-state index in [1.54, 1.807) is 31.2 Å². The van der Waals surface area contributed by atoms with E-state index in [9.17, 15) is 26.0 Å². The first-order valence-corrected chi connectivity index (χ1v) is 13.6.